The second-order valence-corrected chi connectivity index (χ2v) is 9.27. The van der Waals surface area contributed by atoms with Crippen LogP contribution in [-0.2, 0) is 16.1 Å². The molecule has 0 aliphatic carbocycles. The number of hydrogen-bond acceptors (Lipinski definition) is 4. The summed E-state index contributed by atoms with van der Waals surface area (Å²) in [5.41, 5.74) is -0.382. The van der Waals surface area contributed by atoms with E-state index in [9.17, 15) is 9.59 Å². The van der Waals surface area contributed by atoms with Crippen molar-refractivity contribution in [1.29, 1.82) is 0 Å². The van der Waals surface area contributed by atoms with Gasteiger partial charge in [0.2, 0.25) is 11.8 Å². The number of nitrogens with one attached hydrogen (secondary N) is 1. The lowest BCUT2D eigenvalue weighted by Crippen LogP contribution is -2.48. The molecule has 0 saturated carbocycles. The highest BCUT2D eigenvalue weighted by atomic mass is 35.5. The number of hydrogen-bond donors (Lipinski definition) is 1. The predicted octanol–water partition coefficient (Wildman–Crippen LogP) is 2.99. The standard InChI is InChI=1S/C18H28ClN3O2S/c1-18(2,3)17(24)20-8-4-5-16(23)22-11-9-21(10-12-22)13-14-6-7-15(19)25-14/h6-7H,4-5,8-13H2,1-3H3,(H,20,24). The van der Waals surface area contributed by atoms with E-state index in [0.717, 1.165) is 37.1 Å². The number of rotatable bonds is 6. The van der Waals surface area contributed by atoms with Crippen LogP contribution in [0.1, 0.15) is 38.5 Å². The molecule has 1 saturated heterocycles. The van der Waals surface area contributed by atoms with E-state index in [-0.39, 0.29) is 17.2 Å². The summed E-state index contributed by atoms with van der Waals surface area (Å²) in [6.07, 6.45) is 1.18. The molecule has 140 valence electrons. The number of carbonyl (C=O) groups excluding carboxylic acids is 2. The van der Waals surface area contributed by atoms with Crippen LogP contribution in [0.25, 0.3) is 0 Å². The van der Waals surface area contributed by atoms with E-state index in [1.807, 2.05) is 31.7 Å². The van der Waals surface area contributed by atoms with E-state index in [0.29, 0.717) is 19.4 Å². The second-order valence-electron chi connectivity index (χ2n) is 7.47. The van der Waals surface area contributed by atoms with E-state index < -0.39 is 0 Å². The molecule has 1 N–H and O–H groups in total. The van der Waals surface area contributed by atoms with Gasteiger partial charge < -0.3 is 10.2 Å². The van der Waals surface area contributed by atoms with Crippen molar-refractivity contribution in [2.75, 3.05) is 32.7 Å². The van der Waals surface area contributed by atoms with Crippen molar-refractivity contribution in [2.24, 2.45) is 5.41 Å². The van der Waals surface area contributed by atoms with E-state index in [4.69, 9.17) is 11.6 Å². The Kier molecular flexibility index (Phi) is 7.28. The molecule has 1 aliphatic rings. The normalized spacial score (nSPS) is 16.1. The first-order valence-electron chi connectivity index (χ1n) is 8.78. The predicted molar refractivity (Wildman–Crippen MR) is 103 cm³/mol. The van der Waals surface area contributed by atoms with Crippen molar-refractivity contribution in [3.8, 4) is 0 Å². The molecule has 0 unspecified atom stereocenters. The lowest BCUT2D eigenvalue weighted by Gasteiger charge is -2.34. The van der Waals surface area contributed by atoms with E-state index in [1.54, 1.807) is 11.3 Å². The molecule has 7 heteroatoms. The summed E-state index contributed by atoms with van der Waals surface area (Å²) in [6, 6.07) is 4.00. The van der Waals surface area contributed by atoms with Gasteiger partial charge in [-0.25, -0.2) is 0 Å². The highest BCUT2D eigenvalue weighted by Gasteiger charge is 2.22. The lowest BCUT2D eigenvalue weighted by molar-refractivity contribution is -0.133. The molecule has 5 nitrogen and oxygen atoms in total. The summed E-state index contributed by atoms with van der Waals surface area (Å²) >= 11 is 7.58. The van der Waals surface area contributed by atoms with Crippen molar-refractivity contribution >= 4 is 34.8 Å². The topological polar surface area (TPSA) is 52.7 Å². The minimum atomic E-state index is -0.382. The molecular formula is C18H28ClN3O2S. The zero-order chi connectivity index (χ0) is 18.4. The van der Waals surface area contributed by atoms with Crippen molar-refractivity contribution < 1.29 is 9.59 Å². The van der Waals surface area contributed by atoms with Crippen molar-refractivity contribution in [3.05, 3.63) is 21.3 Å². The van der Waals surface area contributed by atoms with E-state index in [2.05, 4.69) is 16.3 Å². The van der Waals surface area contributed by atoms with Gasteiger partial charge in [0.25, 0.3) is 0 Å². The van der Waals surface area contributed by atoms with Gasteiger partial charge in [-0.3, -0.25) is 14.5 Å². The third-order valence-electron chi connectivity index (χ3n) is 4.27. The minimum absolute atomic E-state index is 0.0299. The molecule has 1 aromatic heterocycles. The number of carbonyl (C=O) groups is 2. The Bertz CT molecular complexity index is 589. The third-order valence-corrected chi connectivity index (χ3v) is 5.48. The molecule has 2 rings (SSSR count). The quantitative estimate of drug-likeness (QED) is 0.766. The van der Waals surface area contributed by atoms with Gasteiger partial charge in [-0.05, 0) is 18.6 Å². The molecule has 2 amide bonds. The maximum absolute atomic E-state index is 12.3. The zero-order valence-electron chi connectivity index (χ0n) is 15.3. The van der Waals surface area contributed by atoms with Crippen LogP contribution in [0.2, 0.25) is 4.34 Å². The highest BCUT2D eigenvalue weighted by Crippen LogP contribution is 2.23. The fraction of sp³-hybridized carbons (Fsp3) is 0.667. The van der Waals surface area contributed by atoms with Gasteiger partial charge in [0, 0.05) is 56.0 Å². The summed E-state index contributed by atoms with van der Waals surface area (Å²) < 4.78 is 0.822. The smallest absolute Gasteiger partial charge is 0.225 e. The summed E-state index contributed by atoms with van der Waals surface area (Å²) in [4.78, 5) is 29.6. The SMILES string of the molecule is CC(C)(C)C(=O)NCCCC(=O)N1CCN(Cc2ccc(Cl)s2)CC1. The average molecular weight is 386 g/mol. The molecule has 0 spiro atoms. The monoisotopic (exact) mass is 385 g/mol. The molecule has 1 fully saturated rings. The number of amides is 2. The Morgan fingerprint density at radius 1 is 1.20 bits per heavy atom. The molecule has 0 bridgehead atoms. The molecule has 1 aliphatic heterocycles. The van der Waals surface area contributed by atoms with Gasteiger partial charge in [-0.15, -0.1) is 11.3 Å². The first-order chi connectivity index (χ1) is 11.8. The Balaban J connectivity index is 1.63. The van der Waals surface area contributed by atoms with Gasteiger partial charge in [0.1, 0.15) is 0 Å². The summed E-state index contributed by atoms with van der Waals surface area (Å²) in [7, 11) is 0. The van der Waals surface area contributed by atoms with Gasteiger partial charge in [0.05, 0.1) is 4.34 Å². The first kappa shape index (κ1) is 20.2. The number of halogens is 1. The number of piperazine rings is 1. The van der Waals surface area contributed by atoms with Crippen molar-refractivity contribution in [1.82, 2.24) is 15.1 Å². The Morgan fingerprint density at radius 2 is 1.88 bits per heavy atom. The van der Waals surface area contributed by atoms with Gasteiger partial charge in [0.15, 0.2) is 0 Å². The largest absolute Gasteiger partial charge is 0.356 e. The fourth-order valence-electron chi connectivity index (χ4n) is 2.68. The molecule has 0 radical (unpaired) electrons. The first-order valence-corrected chi connectivity index (χ1v) is 9.98. The van der Waals surface area contributed by atoms with Gasteiger partial charge in [-0.2, -0.15) is 0 Å². The van der Waals surface area contributed by atoms with Crippen LogP contribution >= 0.6 is 22.9 Å². The molecule has 1 aromatic rings. The Morgan fingerprint density at radius 3 is 2.44 bits per heavy atom. The minimum Gasteiger partial charge on any atom is -0.356 e. The van der Waals surface area contributed by atoms with Crippen molar-refractivity contribution in [3.63, 3.8) is 0 Å². The molecule has 25 heavy (non-hydrogen) atoms. The Hall–Kier alpha value is -1.11. The van der Waals surface area contributed by atoms with Crippen LogP contribution < -0.4 is 5.32 Å². The van der Waals surface area contributed by atoms with Crippen LogP contribution in [0, 0.1) is 5.41 Å². The van der Waals surface area contributed by atoms with Gasteiger partial charge in [-0.1, -0.05) is 32.4 Å². The summed E-state index contributed by atoms with van der Waals surface area (Å²) in [6.45, 7) is 10.4. The highest BCUT2D eigenvalue weighted by molar-refractivity contribution is 7.16. The van der Waals surface area contributed by atoms with E-state index >= 15 is 0 Å². The van der Waals surface area contributed by atoms with Crippen LogP contribution in [0.15, 0.2) is 12.1 Å². The molecule has 2 heterocycles. The number of thiophene rings is 1. The van der Waals surface area contributed by atoms with E-state index in [1.165, 1.54) is 4.88 Å². The second kappa shape index (κ2) is 9.01. The third kappa shape index (κ3) is 6.60. The van der Waals surface area contributed by atoms with Crippen molar-refractivity contribution in [2.45, 2.75) is 40.2 Å². The van der Waals surface area contributed by atoms with Crippen LogP contribution in [0.3, 0.4) is 0 Å². The maximum atomic E-state index is 12.3. The maximum Gasteiger partial charge on any atom is 0.225 e. The van der Waals surface area contributed by atoms with Crippen LogP contribution in [0.5, 0.6) is 0 Å². The van der Waals surface area contributed by atoms with Gasteiger partial charge >= 0.3 is 0 Å². The Labute approximate surface area is 159 Å². The summed E-state index contributed by atoms with van der Waals surface area (Å²) in [5.74, 6) is 0.214. The fourth-order valence-corrected chi connectivity index (χ4v) is 3.81. The number of nitrogens with zero attached hydrogens (tertiary/aromatic N) is 2. The molecular weight excluding hydrogens is 358 g/mol. The molecule has 0 aromatic carbocycles. The molecule has 0 atom stereocenters. The van der Waals surface area contributed by atoms with Crippen LogP contribution in [-0.4, -0.2) is 54.3 Å². The summed E-state index contributed by atoms with van der Waals surface area (Å²) in [5, 5.41) is 2.89. The lowest BCUT2D eigenvalue weighted by atomic mass is 9.96. The average Bonchev–Trinajstić information content (AvgIpc) is 2.96. The van der Waals surface area contributed by atoms with Crippen LogP contribution in [0.4, 0.5) is 0 Å². The zero-order valence-corrected chi connectivity index (χ0v) is 16.9.